The maximum atomic E-state index is 12.0. The van der Waals surface area contributed by atoms with Gasteiger partial charge >= 0.3 is 0 Å². The lowest BCUT2D eigenvalue weighted by Crippen LogP contribution is -2.43. The third-order valence-electron chi connectivity index (χ3n) is 3.67. The Morgan fingerprint density at radius 3 is 2.30 bits per heavy atom. The van der Waals surface area contributed by atoms with Crippen LogP contribution in [0.3, 0.4) is 0 Å². The number of halogens is 1. The van der Waals surface area contributed by atoms with Gasteiger partial charge in [0.2, 0.25) is 5.91 Å². The molecule has 0 spiro atoms. The summed E-state index contributed by atoms with van der Waals surface area (Å²) in [5, 5.41) is 9.08. The summed E-state index contributed by atoms with van der Waals surface area (Å²) >= 11 is 0. The summed E-state index contributed by atoms with van der Waals surface area (Å²) in [6, 6.07) is 17.6. The number of guanidine groups is 1. The second kappa shape index (κ2) is 13.0. The van der Waals surface area contributed by atoms with E-state index in [4.69, 9.17) is 4.74 Å². The summed E-state index contributed by atoms with van der Waals surface area (Å²) in [6.07, 6.45) is 0. The van der Waals surface area contributed by atoms with Crippen LogP contribution in [-0.2, 0) is 17.9 Å². The van der Waals surface area contributed by atoms with Gasteiger partial charge in [0.1, 0.15) is 5.75 Å². The first-order valence-corrected chi connectivity index (χ1v) is 8.67. The highest BCUT2D eigenvalue weighted by Gasteiger charge is 2.04. The molecule has 0 unspecified atom stereocenters. The molecular formula is C20H27IN4O2. The molecule has 2 aromatic rings. The number of ether oxygens (including phenoxy) is 1. The highest BCUT2D eigenvalue weighted by atomic mass is 127. The zero-order chi connectivity index (χ0) is 18.6. The number of carbonyl (C=O) groups excluding carboxylic acids is 1. The fraction of sp³-hybridized carbons (Fsp3) is 0.300. The van der Waals surface area contributed by atoms with Crippen LogP contribution in [0.15, 0.2) is 59.6 Å². The minimum Gasteiger partial charge on any atom is -0.497 e. The quantitative estimate of drug-likeness (QED) is 0.308. The van der Waals surface area contributed by atoms with Crippen molar-refractivity contribution in [2.45, 2.75) is 20.0 Å². The van der Waals surface area contributed by atoms with E-state index >= 15 is 0 Å². The topological polar surface area (TPSA) is 74.8 Å². The van der Waals surface area contributed by atoms with Gasteiger partial charge in [-0.3, -0.25) is 4.79 Å². The zero-order valence-electron chi connectivity index (χ0n) is 15.7. The molecule has 0 saturated carbocycles. The van der Waals surface area contributed by atoms with Crippen LogP contribution in [0.4, 0.5) is 0 Å². The monoisotopic (exact) mass is 482 g/mol. The van der Waals surface area contributed by atoms with Crippen molar-refractivity contribution in [1.82, 2.24) is 16.0 Å². The van der Waals surface area contributed by atoms with Gasteiger partial charge in [-0.25, -0.2) is 4.99 Å². The summed E-state index contributed by atoms with van der Waals surface area (Å²) in [7, 11) is 1.64. The molecule has 6 nitrogen and oxygen atoms in total. The fourth-order valence-corrected chi connectivity index (χ4v) is 2.27. The maximum Gasteiger partial charge on any atom is 0.239 e. The third-order valence-corrected chi connectivity index (χ3v) is 3.67. The molecule has 0 aliphatic carbocycles. The lowest BCUT2D eigenvalue weighted by atomic mass is 10.2. The molecular weight excluding hydrogens is 455 g/mol. The van der Waals surface area contributed by atoms with Crippen LogP contribution in [0.1, 0.15) is 18.1 Å². The third kappa shape index (κ3) is 8.76. The first kappa shape index (κ1) is 22.8. The molecule has 0 saturated heterocycles. The number of rotatable bonds is 8. The first-order chi connectivity index (χ1) is 12.7. The number of amides is 1. The van der Waals surface area contributed by atoms with E-state index in [1.165, 1.54) is 0 Å². The van der Waals surface area contributed by atoms with Gasteiger partial charge in [-0.2, -0.15) is 0 Å². The Morgan fingerprint density at radius 1 is 0.963 bits per heavy atom. The van der Waals surface area contributed by atoms with Crippen molar-refractivity contribution in [3.05, 3.63) is 65.7 Å². The largest absolute Gasteiger partial charge is 0.497 e. The van der Waals surface area contributed by atoms with Crippen molar-refractivity contribution in [2.24, 2.45) is 4.99 Å². The molecule has 7 heteroatoms. The van der Waals surface area contributed by atoms with Crippen LogP contribution in [0.5, 0.6) is 5.75 Å². The number of hydrogen-bond acceptors (Lipinski definition) is 3. The van der Waals surface area contributed by atoms with E-state index in [2.05, 4.69) is 20.9 Å². The number of hydrogen-bond donors (Lipinski definition) is 3. The van der Waals surface area contributed by atoms with Gasteiger partial charge in [0.25, 0.3) is 0 Å². The van der Waals surface area contributed by atoms with Crippen LogP contribution in [0, 0.1) is 0 Å². The predicted molar refractivity (Wildman–Crippen MR) is 120 cm³/mol. The number of nitrogens with zero attached hydrogens (tertiary/aromatic N) is 1. The minimum atomic E-state index is -0.0797. The zero-order valence-corrected chi connectivity index (χ0v) is 18.0. The Kier molecular flexibility index (Phi) is 10.9. The Bertz CT molecular complexity index is 706. The van der Waals surface area contributed by atoms with Crippen LogP contribution < -0.4 is 20.7 Å². The molecule has 0 aromatic heterocycles. The molecule has 1 amide bonds. The average molecular weight is 482 g/mol. The van der Waals surface area contributed by atoms with Crippen molar-refractivity contribution in [1.29, 1.82) is 0 Å². The van der Waals surface area contributed by atoms with Gasteiger partial charge in [-0.15, -0.1) is 24.0 Å². The molecule has 0 aliphatic heterocycles. The second-order valence-corrected chi connectivity index (χ2v) is 5.66. The van der Waals surface area contributed by atoms with Crippen molar-refractivity contribution < 1.29 is 9.53 Å². The molecule has 0 atom stereocenters. The predicted octanol–water partition coefficient (Wildman–Crippen LogP) is 2.68. The van der Waals surface area contributed by atoms with E-state index in [0.717, 1.165) is 23.4 Å². The van der Waals surface area contributed by atoms with E-state index < -0.39 is 0 Å². The number of carbonyl (C=O) groups is 1. The van der Waals surface area contributed by atoms with E-state index in [9.17, 15) is 4.79 Å². The minimum absolute atomic E-state index is 0. The Balaban J connectivity index is 0.00000364. The van der Waals surface area contributed by atoms with Gasteiger partial charge in [0, 0.05) is 13.1 Å². The van der Waals surface area contributed by atoms with Gasteiger partial charge in [-0.1, -0.05) is 42.5 Å². The number of nitrogens with one attached hydrogen (secondary N) is 3. The van der Waals surface area contributed by atoms with Gasteiger partial charge < -0.3 is 20.7 Å². The van der Waals surface area contributed by atoms with Crippen molar-refractivity contribution in [3.8, 4) is 5.75 Å². The Hall–Kier alpha value is -2.29. The van der Waals surface area contributed by atoms with Crippen molar-refractivity contribution in [3.63, 3.8) is 0 Å². The SMILES string of the molecule is CCNC(=NCc1ccc(OC)cc1)NCC(=O)NCc1ccccc1.I. The van der Waals surface area contributed by atoms with Crippen LogP contribution >= 0.6 is 24.0 Å². The van der Waals surface area contributed by atoms with Gasteiger partial charge in [0.15, 0.2) is 5.96 Å². The second-order valence-electron chi connectivity index (χ2n) is 5.66. The fourth-order valence-electron chi connectivity index (χ4n) is 2.27. The standard InChI is InChI=1S/C20H26N4O2.HI/c1-3-21-20(23-14-17-9-11-18(26-2)12-10-17)24-15-19(25)22-13-16-7-5-4-6-8-16;/h4-12H,3,13-15H2,1-2H3,(H,22,25)(H2,21,23,24);1H. The lowest BCUT2D eigenvalue weighted by Gasteiger charge is -2.11. The lowest BCUT2D eigenvalue weighted by molar-refractivity contribution is -0.120. The highest BCUT2D eigenvalue weighted by molar-refractivity contribution is 14.0. The van der Waals surface area contributed by atoms with Crippen LogP contribution in [-0.4, -0.2) is 32.1 Å². The summed E-state index contributed by atoms with van der Waals surface area (Å²) in [5.41, 5.74) is 2.14. The van der Waals surface area contributed by atoms with Gasteiger partial charge in [-0.05, 0) is 30.2 Å². The van der Waals surface area contributed by atoms with Gasteiger partial charge in [0.05, 0.1) is 20.2 Å². The Labute approximate surface area is 177 Å². The number of benzene rings is 2. The number of methoxy groups -OCH3 is 1. The maximum absolute atomic E-state index is 12.0. The molecule has 2 aromatic carbocycles. The van der Waals surface area contributed by atoms with E-state index in [1.807, 2.05) is 61.5 Å². The normalized spacial score (nSPS) is 10.5. The molecule has 0 bridgehead atoms. The molecule has 0 heterocycles. The number of aliphatic imine (C=N–C) groups is 1. The Morgan fingerprint density at radius 2 is 1.67 bits per heavy atom. The molecule has 0 radical (unpaired) electrons. The van der Waals surface area contributed by atoms with E-state index in [-0.39, 0.29) is 36.4 Å². The van der Waals surface area contributed by atoms with Crippen LogP contribution in [0.25, 0.3) is 0 Å². The summed E-state index contributed by atoms with van der Waals surface area (Å²) in [6.45, 7) is 3.91. The average Bonchev–Trinajstić information content (AvgIpc) is 2.69. The summed E-state index contributed by atoms with van der Waals surface area (Å²) in [5.74, 6) is 1.35. The summed E-state index contributed by atoms with van der Waals surface area (Å²) in [4.78, 5) is 16.5. The van der Waals surface area contributed by atoms with Crippen LogP contribution in [0.2, 0.25) is 0 Å². The smallest absolute Gasteiger partial charge is 0.239 e. The molecule has 3 N–H and O–H groups in total. The molecule has 0 fully saturated rings. The molecule has 0 aliphatic rings. The van der Waals surface area contributed by atoms with Crippen molar-refractivity contribution >= 4 is 35.8 Å². The molecule has 2 rings (SSSR count). The van der Waals surface area contributed by atoms with E-state index in [1.54, 1.807) is 7.11 Å². The first-order valence-electron chi connectivity index (χ1n) is 8.67. The molecule has 27 heavy (non-hydrogen) atoms. The summed E-state index contributed by atoms with van der Waals surface area (Å²) < 4.78 is 5.15. The molecule has 146 valence electrons. The highest BCUT2D eigenvalue weighted by Crippen LogP contribution is 2.11. The van der Waals surface area contributed by atoms with Crippen molar-refractivity contribution in [2.75, 3.05) is 20.2 Å². The van der Waals surface area contributed by atoms with E-state index in [0.29, 0.717) is 19.0 Å².